The topological polar surface area (TPSA) is 179 Å². The first-order valence-corrected chi connectivity index (χ1v) is 11.9. The molecule has 2 aromatic rings. The number of benzene rings is 1. The van der Waals surface area contributed by atoms with E-state index >= 15 is 0 Å². The second-order valence-electron chi connectivity index (χ2n) is 8.58. The van der Waals surface area contributed by atoms with Crippen LogP contribution in [0.15, 0.2) is 35.7 Å². The molecule has 1 unspecified atom stereocenters. The van der Waals surface area contributed by atoms with Gasteiger partial charge in [0.1, 0.15) is 44.0 Å². The zero-order valence-corrected chi connectivity index (χ0v) is 21.5. The minimum Gasteiger partial charge on any atom is -0.462 e. The fraction of sp³-hybridized carbons (Fsp3) is 0.400. The van der Waals surface area contributed by atoms with Gasteiger partial charge in [-0.3, -0.25) is 19.8 Å². The van der Waals surface area contributed by atoms with Crippen molar-refractivity contribution in [3.05, 3.63) is 42.0 Å². The molecule has 1 aliphatic rings. The maximum atomic E-state index is 15.0. The standard InChI is InChI=1S/C25H29FN6O7/c1-15(33)36-14-20(39-16(2)34)6-7-38-31-19-11-32(12-19)25-29-9-18(10-30-25)21-5-3-4-17(24(21)26)13-37-23(35)8-22(27)28/h3-5,9-10,20H,6-8,11-14H2,1-2H3,(H3,27,28). The minimum atomic E-state index is -0.715. The summed E-state index contributed by atoms with van der Waals surface area (Å²) in [5.74, 6) is -2.13. The number of anilines is 1. The SMILES string of the molecule is CC(=O)OCC(CCON=C1CN(c2ncc(-c3cccc(COC(=O)CC(=N)N)c3F)cn2)C1)OC(C)=O. The third-order valence-corrected chi connectivity index (χ3v) is 5.31. The van der Waals surface area contributed by atoms with Crippen molar-refractivity contribution in [2.24, 2.45) is 10.9 Å². The number of rotatable bonds is 13. The summed E-state index contributed by atoms with van der Waals surface area (Å²) in [6.45, 7) is 3.23. The lowest BCUT2D eigenvalue weighted by atomic mass is 10.1. The van der Waals surface area contributed by atoms with Crippen LogP contribution in [0.2, 0.25) is 0 Å². The lowest BCUT2D eigenvalue weighted by Gasteiger charge is -2.31. The first-order chi connectivity index (χ1) is 18.6. The van der Waals surface area contributed by atoms with Gasteiger partial charge in [-0.25, -0.2) is 14.4 Å². The van der Waals surface area contributed by atoms with Gasteiger partial charge in [0.05, 0.1) is 18.8 Å². The summed E-state index contributed by atoms with van der Waals surface area (Å²) in [5, 5.41) is 11.2. The van der Waals surface area contributed by atoms with E-state index in [1.54, 1.807) is 12.1 Å². The Morgan fingerprint density at radius 3 is 2.51 bits per heavy atom. The molecule has 2 heterocycles. The van der Waals surface area contributed by atoms with Crippen LogP contribution in [-0.4, -0.2) is 71.8 Å². The lowest BCUT2D eigenvalue weighted by molar-refractivity contribution is -0.157. The first kappa shape index (κ1) is 28.9. The molecule has 0 spiro atoms. The monoisotopic (exact) mass is 544 g/mol. The summed E-state index contributed by atoms with van der Waals surface area (Å²) >= 11 is 0. The third-order valence-electron chi connectivity index (χ3n) is 5.31. The highest BCUT2D eigenvalue weighted by Crippen LogP contribution is 2.26. The van der Waals surface area contributed by atoms with E-state index in [0.717, 1.165) is 5.71 Å². The molecule has 13 nitrogen and oxygen atoms in total. The molecule has 1 aromatic heterocycles. The zero-order valence-electron chi connectivity index (χ0n) is 21.5. The number of nitrogens with two attached hydrogens (primary N) is 1. The quantitative estimate of drug-likeness (QED) is 0.0936. The normalized spacial score (nSPS) is 13.1. The number of aromatic nitrogens is 2. The van der Waals surface area contributed by atoms with Crippen LogP contribution in [-0.2, 0) is 40.0 Å². The molecule has 1 aliphatic heterocycles. The highest BCUT2D eigenvalue weighted by atomic mass is 19.1. The van der Waals surface area contributed by atoms with E-state index in [9.17, 15) is 18.8 Å². The van der Waals surface area contributed by atoms with Crippen molar-refractivity contribution in [3.8, 4) is 11.1 Å². The van der Waals surface area contributed by atoms with Gasteiger partial charge in [0.25, 0.3) is 0 Å². The molecule has 208 valence electrons. The van der Waals surface area contributed by atoms with Crippen molar-refractivity contribution in [1.29, 1.82) is 5.41 Å². The number of carbonyl (C=O) groups excluding carboxylic acids is 3. The number of nitrogens with zero attached hydrogens (tertiary/aromatic N) is 4. The maximum Gasteiger partial charge on any atom is 0.313 e. The van der Waals surface area contributed by atoms with E-state index in [1.165, 1.54) is 32.3 Å². The number of halogens is 1. The molecule has 3 N–H and O–H groups in total. The first-order valence-electron chi connectivity index (χ1n) is 11.9. The van der Waals surface area contributed by atoms with E-state index in [1.807, 2.05) is 4.90 Å². The maximum absolute atomic E-state index is 15.0. The molecule has 0 amide bonds. The number of ether oxygens (including phenoxy) is 3. The van der Waals surface area contributed by atoms with Gasteiger partial charge in [-0.2, -0.15) is 0 Å². The Bertz CT molecular complexity index is 1230. The number of carbonyl (C=O) groups is 3. The molecule has 39 heavy (non-hydrogen) atoms. The Morgan fingerprint density at radius 2 is 1.87 bits per heavy atom. The molecule has 14 heteroatoms. The van der Waals surface area contributed by atoms with Crippen molar-refractivity contribution in [2.75, 3.05) is 31.2 Å². The van der Waals surface area contributed by atoms with Crippen molar-refractivity contribution in [2.45, 2.75) is 39.4 Å². The number of nitrogens with one attached hydrogen (secondary N) is 1. The summed E-state index contributed by atoms with van der Waals surface area (Å²) in [4.78, 5) is 49.5. The highest BCUT2D eigenvalue weighted by Gasteiger charge is 2.25. The van der Waals surface area contributed by atoms with Gasteiger partial charge in [0.2, 0.25) is 5.95 Å². The Kier molecular flexibility index (Phi) is 10.2. The molecular formula is C25H29FN6O7. The van der Waals surface area contributed by atoms with Crippen LogP contribution in [0.4, 0.5) is 10.3 Å². The molecule has 0 radical (unpaired) electrons. The van der Waals surface area contributed by atoms with Crippen LogP contribution in [0.25, 0.3) is 11.1 Å². The number of amidine groups is 1. The Morgan fingerprint density at radius 1 is 1.15 bits per heavy atom. The van der Waals surface area contributed by atoms with Crippen LogP contribution in [0.5, 0.6) is 0 Å². The largest absolute Gasteiger partial charge is 0.462 e. The molecule has 1 atom stereocenters. The fourth-order valence-corrected chi connectivity index (χ4v) is 3.44. The Balaban J connectivity index is 1.49. The number of hydrogen-bond acceptors (Lipinski definition) is 12. The molecule has 0 bridgehead atoms. The van der Waals surface area contributed by atoms with Gasteiger partial charge in [-0.15, -0.1) is 0 Å². The van der Waals surface area contributed by atoms with Crippen LogP contribution in [0, 0.1) is 11.2 Å². The van der Waals surface area contributed by atoms with Crippen molar-refractivity contribution in [1.82, 2.24) is 9.97 Å². The third kappa shape index (κ3) is 9.02. The summed E-state index contributed by atoms with van der Waals surface area (Å²) in [7, 11) is 0. The van der Waals surface area contributed by atoms with Crippen LogP contribution in [0.1, 0.15) is 32.3 Å². The predicted molar refractivity (Wildman–Crippen MR) is 136 cm³/mol. The Labute approximate surface area is 223 Å². The number of hydrogen-bond donors (Lipinski definition) is 2. The molecule has 1 aromatic carbocycles. The summed E-state index contributed by atoms with van der Waals surface area (Å²) in [6, 6.07) is 4.69. The zero-order chi connectivity index (χ0) is 28.4. The predicted octanol–water partition coefficient (Wildman–Crippen LogP) is 1.73. The molecule has 1 saturated heterocycles. The van der Waals surface area contributed by atoms with Gasteiger partial charge in [0.15, 0.2) is 0 Å². The number of oxime groups is 1. The number of esters is 3. The van der Waals surface area contributed by atoms with Gasteiger partial charge in [0, 0.05) is 49.4 Å². The van der Waals surface area contributed by atoms with E-state index in [0.29, 0.717) is 31.0 Å². The van der Waals surface area contributed by atoms with Crippen molar-refractivity contribution in [3.63, 3.8) is 0 Å². The van der Waals surface area contributed by atoms with Crippen molar-refractivity contribution >= 4 is 35.4 Å². The molecule has 0 aliphatic carbocycles. The van der Waals surface area contributed by atoms with Crippen LogP contribution in [0.3, 0.4) is 0 Å². The highest BCUT2D eigenvalue weighted by molar-refractivity contribution is 5.98. The molecular weight excluding hydrogens is 515 g/mol. The average Bonchev–Trinajstić information content (AvgIpc) is 2.85. The lowest BCUT2D eigenvalue weighted by Crippen LogP contribution is -2.48. The summed E-state index contributed by atoms with van der Waals surface area (Å²) in [5.41, 5.74) is 6.79. The summed E-state index contributed by atoms with van der Waals surface area (Å²) < 4.78 is 29.9. The van der Waals surface area contributed by atoms with Gasteiger partial charge >= 0.3 is 17.9 Å². The second kappa shape index (κ2) is 13.8. The van der Waals surface area contributed by atoms with Gasteiger partial charge in [-0.05, 0) is 0 Å². The molecule has 1 fully saturated rings. The minimum absolute atomic E-state index is 0.0568. The smallest absolute Gasteiger partial charge is 0.313 e. The van der Waals surface area contributed by atoms with Crippen LogP contribution >= 0.6 is 0 Å². The van der Waals surface area contributed by atoms with Gasteiger partial charge < -0.3 is 29.7 Å². The van der Waals surface area contributed by atoms with Gasteiger partial charge in [-0.1, -0.05) is 23.4 Å². The van der Waals surface area contributed by atoms with E-state index < -0.39 is 29.8 Å². The fourth-order valence-electron chi connectivity index (χ4n) is 3.44. The van der Waals surface area contributed by atoms with E-state index in [4.69, 9.17) is 30.2 Å². The second-order valence-corrected chi connectivity index (χ2v) is 8.58. The van der Waals surface area contributed by atoms with E-state index in [-0.39, 0.29) is 43.2 Å². The Hall–Kier alpha value is -4.62. The molecule has 3 rings (SSSR count). The average molecular weight is 545 g/mol. The van der Waals surface area contributed by atoms with E-state index in [2.05, 4.69) is 15.1 Å². The van der Waals surface area contributed by atoms with Crippen molar-refractivity contribution < 1.29 is 37.8 Å². The molecule has 0 saturated carbocycles. The summed E-state index contributed by atoms with van der Waals surface area (Å²) in [6.07, 6.45) is 2.31. The van der Waals surface area contributed by atoms with Crippen LogP contribution < -0.4 is 10.6 Å².